The fourth-order valence-corrected chi connectivity index (χ4v) is 1.20. The highest BCUT2D eigenvalue weighted by molar-refractivity contribution is 5.89. The molecule has 0 aliphatic rings. The molecule has 18 heavy (non-hydrogen) atoms. The second-order valence-corrected chi connectivity index (χ2v) is 3.67. The van der Waals surface area contributed by atoms with E-state index in [0.717, 1.165) is 0 Å². The van der Waals surface area contributed by atoms with Gasteiger partial charge in [0.05, 0.1) is 13.0 Å². The zero-order valence-electron chi connectivity index (χ0n) is 10.4. The van der Waals surface area contributed by atoms with E-state index in [0.29, 0.717) is 0 Å². The SMILES string of the molecule is CCOC(=O)CCC(=O)NC(CC(C)=O)C(=O)O. The summed E-state index contributed by atoms with van der Waals surface area (Å²) in [6.07, 6.45) is -0.562. The van der Waals surface area contributed by atoms with Crippen LogP contribution < -0.4 is 5.32 Å². The Balaban J connectivity index is 4.14. The summed E-state index contributed by atoms with van der Waals surface area (Å²) >= 11 is 0. The molecule has 0 heterocycles. The van der Waals surface area contributed by atoms with Crippen molar-refractivity contribution in [2.45, 2.75) is 39.2 Å². The van der Waals surface area contributed by atoms with Crippen molar-refractivity contribution < 1.29 is 29.0 Å². The maximum absolute atomic E-state index is 11.4. The van der Waals surface area contributed by atoms with Crippen LogP contribution in [0.5, 0.6) is 0 Å². The largest absolute Gasteiger partial charge is 0.480 e. The number of Topliss-reactive ketones (excluding diaryl/α,β-unsaturated/α-hetero) is 1. The maximum Gasteiger partial charge on any atom is 0.326 e. The zero-order valence-corrected chi connectivity index (χ0v) is 10.4. The normalized spacial score (nSPS) is 11.4. The molecule has 2 N–H and O–H groups in total. The van der Waals surface area contributed by atoms with Crippen molar-refractivity contribution in [2.75, 3.05) is 6.61 Å². The fourth-order valence-electron chi connectivity index (χ4n) is 1.20. The molecule has 0 spiro atoms. The Morgan fingerprint density at radius 1 is 1.22 bits per heavy atom. The van der Waals surface area contributed by atoms with E-state index in [4.69, 9.17) is 5.11 Å². The van der Waals surface area contributed by atoms with E-state index in [1.54, 1.807) is 6.92 Å². The molecule has 0 aromatic carbocycles. The molecule has 0 saturated carbocycles. The van der Waals surface area contributed by atoms with Crippen molar-refractivity contribution in [3.63, 3.8) is 0 Å². The van der Waals surface area contributed by atoms with Gasteiger partial charge in [0.1, 0.15) is 11.8 Å². The van der Waals surface area contributed by atoms with Crippen LogP contribution in [0.15, 0.2) is 0 Å². The lowest BCUT2D eigenvalue weighted by Crippen LogP contribution is -2.42. The smallest absolute Gasteiger partial charge is 0.326 e. The summed E-state index contributed by atoms with van der Waals surface area (Å²) in [5, 5.41) is 11.0. The minimum absolute atomic E-state index is 0.119. The van der Waals surface area contributed by atoms with Crippen molar-refractivity contribution in [2.24, 2.45) is 0 Å². The molecule has 0 rings (SSSR count). The monoisotopic (exact) mass is 259 g/mol. The lowest BCUT2D eigenvalue weighted by atomic mass is 10.1. The number of aliphatic carboxylic acids is 1. The molecule has 1 unspecified atom stereocenters. The van der Waals surface area contributed by atoms with Gasteiger partial charge in [-0.2, -0.15) is 0 Å². The Bertz CT molecular complexity index is 338. The third-order valence-electron chi connectivity index (χ3n) is 1.99. The summed E-state index contributed by atoms with van der Waals surface area (Å²) < 4.78 is 4.62. The Labute approximate surface area is 104 Å². The highest BCUT2D eigenvalue weighted by Crippen LogP contribution is 1.98. The van der Waals surface area contributed by atoms with E-state index in [9.17, 15) is 19.2 Å². The van der Waals surface area contributed by atoms with Gasteiger partial charge in [-0.15, -0.1) is 0 Å². The van der Waals surface area contributed by atoms with Gasteiger partial charge in [0.25, 0.3) is 0 Å². The average molecular weight is 259 g/mol. The number of carboxylic acids is 1. The predicted molar refractivity (Wildman–Crippen MR) is 60.7 cm³/mol. The number of hydrogen-bond donors (Lipinski definition) is 2. The van der Waals surface area contributed by atoms with E-state index in [-0.39, 0.29) is 31.7 Å². The molecule has 102 valence electrons. The van der Waals surface area contributed by atoms with Gasteiger partial charge in [0.15, 0.2) is 0 Å². The average Bonchev–Trinajstić information content (AvgIpc) is 2.25. The van der Waals surface area contributed by atoms with E-state index in [1.807, 2.05) is 0 Å². The molecule has 7 nitrogen and oxygen atoms in total. The third kappa shape index (κ3) is 7.37. The molecule has 7 heteroatoms. The van der Waals surface area contributed by atoms with Crippen molar-refractivity contribution >= 4 is 23.6 Å². The molecule has 0 aromatic heterocycles. The fraction of sp³-hybridized carbons (Fsp3) is 0.636. The van der Waals surface area contributed by atoms with E-state index < -0.39 is 23.9 Å². The topological polar surface area (TPSA) is 110 Å². The second-order valence-electron chi connectivity index (χ2n) is 3.67. The van der Waals surface area contributed by atoms with Crippen LogP contribution in [0.3, 0.4) is 0 Å². The van der Waals surface area contributed by atoms with Crippen molar-refractivity contribution in [3.8, 4) is 0 Å². The van der Waals surface area contributed by atoms with Crippen molar-refractivity contribution in [3.05, 3.63) is 0 Å². The number of nitrogens with one attached hydrogen (secondary N) is 1. The first-order valence-electron chi connectivity index (χ1n) is 5.54. The third-order valence-corrected chi connectivity index (χ3v) is 1.99. The number of ether oxygens (including phenoxy) is 1. The van der Waals surface area contributed by atoms with Gasteiger partial charge in [-0.3, -0.25) is 14.4 Å². The quantitative estimate of drug-likeness (QED) is 0.588. The van der Waals surface area contributed by atoms with Crippen LogP contribution in [0.4, 0.5) is 0 Å². The Kier molecular flexibility index (Phi) is 7.34. The van der Waals surface area contributed by atoms with Crippen LogP contribution in [0.1, 0.15) is 33.1 Å². The predicted octanol–water partition coefficient (Wildman–Crippen LogP) is -0.122. The van der Waals surface area contributed by atoms with E-state index in [2.05, 4.69) is 10.1 Å². The molecule has 0 aliphatic heterocycles. The number of amides is 1. The summed E-state index contributed by atoms with van der Waals surface area (Å²) in [4.78, 5) is 43.9. The highest BCUT2D eigenvalue weighted by Gasteiger charge is 2.21. The Morgan fingerprint density at radius 3 is 2.28 bits per heavy atom. The van der Waals surface area contributed by atoms with Crippen LogP contribution in [-0.2, 0) is 23.9 Å². The number of esters is 1. The summed E-state index contributed by atoms with van der Waals surface area (Å²) in [5.41, 5.74) is 0. The summed E-state index contributed by atoms with van der Waals surface area (Å²) in [5.74, 6) is -2.74. The van der Waals surface area contributed by atoms with Crippen LogP contribution in [0.2, 0.25) is 0 Å². The van der Waals surface area contributed by atoms with Crippen molar-refractivity contribution in [1.29, 1.82) is 0 Å². The molecule has 0 fully saturated rings. The first-order chi connectivity index (χ1) is 8.36. The number of rotatable bonds is 8. The molecular formula is C11H17NO6. The zero-order chi connectivity index (χ0) is 14.1. The van der Waals surface area contributed by atoms with Gasteiger partial charge < -0.3 is 15.2 Å². The first-order valence-corrected chi connectivity index (χ1v) is 5.54. The summed E-state index contributed by atoms with van der Waals surface area (Å²) in [7, 11) is 0. The van der Waals surface area contributed by atoms with Crippen molar-refractivity contribution in [1.82, 2.24) is 5.32 Å². The number of hydrogen-bond acceptors (Lipinski definition) is 5. The summed E-state index contributed by atoms with van der Waals surface area (Å²) in [6.45, 7) is 3.11. The standard InChI is InChI=1S/C11H17NO6/c1-3-18-10(15)5-4-9(14)12-8(11(16)17)6-7(2)13/h8H,3-6H2,1-2H3,(H,12,14)(H,16,17). The molecule has 1 atom stereocenters. The highest BCUT2D eigenvalue weighted by atomic mass is 16.5. The molecule has 0 aromatic rings. The van der Waals surface area contributed by atoms with Gasteiger partial charge in [0, 0.05) is 12.8 Å². The number of carbonyl (C=O) groups is 4. The summed E-state index contributed by atoms with van der Waals surface area (Å²) in [6, 6.07) is -1.25. The van der Waals surface area contributed by atoms with Gasteiger partial charge >= 0.3 is 11.9 Å². The number of carbonyl (C=O) groups excluding carboxylic acids is 3. The van der Waals surface area contributed by atoms with Gasteiger partial charge in [0.2, 0.25) is 5.91 Å². The minimum Gasteiger partial charge on any atom is -0.480 e. The molecule has 0 aliphatic carbocycles. The minimum atomic E-state index is -1.28. The van der Waals surface area contributed by atoms with Gasteiger partial charge in [-0.25, -0.2) is 4.79 Å². The van der Waals surface area contributed by atoms with E-state index >= 15 is 0 Å². The van der Waals surface area contributed by atoms with Crippen LogP contribution in [0.25, 0.3) is 0 Å². The Hall–Kier alpha value is -1.92. The first kappa shape index (κ1) is 16.1. The van der Waals surface area contributed by atoms with Gasteiger partial charge in [-0.1, -0.05) is 0 Å². The number of ketones is 1. The lowest BCUT2D eigenvalue weighted by Gasteiger charge is -2.12. The van der Waals surface area contributed by atoms with Crippen LogP contribution in [-0.4, -0.2) is 41.4 Å². The molecule has 1 amide bonds. The van der Waals surface area contributed by atoms with Gasteiger partial charge in [-0.05, 0) is 13.8 Å². The second kappa shape index (κ2) is 8.21. The molecule has 0 radical (unpaired) electrons. The maximum atomic E-state index is 11.4. The van der Waals surface area contributed by atoms with E-state index in [1.165, 1.54) is 6.92 Å². The Morgan fingerprint density at radius 2 is 1.83 bits per heavy atom. The molecule has 0 saturated heterocycles. The lowest BCUT2D eigenvalue weighted by molar-refractivity contribution is -0.145. The van der Waals surface area contributed by atoms with Crippen LogP contribution in [0, 0.1) is 0 Å². The molecular weight excluding hydrogens is 242 g/mol. The number of carboxylic acid groups (broad SMARTS) is 1. The molecule has 0 bridgehead atoms. The van der Waals surface area contributed by atoms with Crippen LogP contribution >= 0.6 is 0 Å².